The zero-order valence-corrected chi connectivity index (χ0v) is 10.8. The van der Waals surface area contributed by atoms with E-state index in [1.165, 1.54) is 0 Å². The second-order valence-corrected chi connectivity index (χ2v) is 4.30. The minimum Gasteiger partial charge on any atom is -0.395 e. The Balaban J connectivity index is 2.50. The number of aryl methyl sites for hydroxylation is 2. The number of nitrogens with one attached hydrogen (secondary N) is 1. The highest BCUT2D eigenvalue weighted by Gasteiger charge is 2.09. The Morgan fingerprint density at radius 1 is 1.17 bits per heavy atom. The molecule has 0 bridgehead atoms. The second kappa shape index (κ2) is 6.91. The lowest BCUT2D eigenvalue weighted by Crippen LogP contribution is -2.26. The fourth-order valence-electron chi connectivity index (χ4n) is 1.57. The summed E-state index contributed by atoms with van der Waals surface area (Å²) in [5.41, 5.74) is 2.87. The van der Waals surface area contributed by atoms with Crippen LogP contribution in [-0.2, 0) is 4.79 Å². The molecule has 1 amide bonds. The number of rotatable bonds is 6. The Bertz CT molecular complexity index is 441. The number of amides is 1. The number of aliphatic hydroxyl groups excluding tert-OH is 1. The molecule has 0 saturated carbocycles. The van der Waals surface area contributed by atoms with E-state index >= 15 is 0 Å². The Morgan fingerprint density at radius 2 is 1.89 bits per heavy atom. The number of Topliss-reactive ketones (excluding diaryl/α,β-unsaturated/α-hetero) is 1. The molecular formula is C14H19NO3. The summed E-state index contributed by atoms with van der Waals surface area (Å²) in [5, 5.41) is 11.1. The van der Waals surface area contributed by atoms with Crippen LogP contribution in [0.5, 0.6) is 0 Å². The third kappa shape index (κ3) is 4.30. The van der Waals surface area contributed by atoms with E-state index < -0.39 is 0 Å². The van der Waals surface area contributed by atoms with Gasteiger partial charge in [0, 0.05) is 24.9 Å². The van der Waals surface area contributed by atoms with Gasteiger partial charge in [-0.1, -0.05) is 12.1 Å². The third-order valence-corrected chi connectivity index (χ3v) is 2.84. The third-order valence-electron chi connectivity index (χ3n) is 2.84. The quantitative estimate of drug-likeness (QED) is 0.748. The van der Waals surface area contributed by atoms with E-state index in [-0.39, 0.29) is 37.7 Å². The average Bonchev–Trinajstić information content (AvgIpc) is 2.36. The van der Waals surface area contributed by atoms with Gasteiger partial charge in [-0.15, -0.1) is 0 Å². The Morgan fingerprint density at radius 3 is 2.50 bits per heavy atom. The molecule has 2 N–H and O–H groups in total. The maximum Gasteiger partial charge on any atom is 0.220 e. The standard InChI is InChI=1S/C14H19NO3/c1-10-3-4-12(9-11(10)2)13(17)5-6-14(18)15-7-8-16/h3-4,9,16H,5-8H2,1-2H3,(H,15,18). The molecule has 1 aromatic carbocycles. The number of carbonyl (C=O) groups is 2. The Kier molecular flexibility index (Phi) is 5.52. The molecular weight excluding hydrogens is 230 g/mol. The van der Waals surface area contributed by atoms with Gasteiger partial charge in [-0.2, -0.15) is 0 Å². The van der Waals surface area contributed by atoms with Crippen molar-refractivity contribution in [3.8, 4) is 0 Å². The van der Waals surface area contributed by atoms with Crippen molar-refractivity contribution in [3.05, 3.63) is 34.9 Å². The number of hydrogen-bond donors (Lipinski definition) is 2. The first-order valence-electron chi connectivity index (χ1n) is 6.02. The molecule has 0 unspecified atom stereocenters. The second-order valence-electron chi connectivity index (χ2n) is 4.30. The molecule has 0 atom stereocenters. The van der Waals surface area contributed by atoms with Gasteiger partial charge in [0.25, 0.3) is 0 Å². The molecule has 0 fully saturated rings. The summed E-state index contributed by atoms with van der Waals surface area (Å²) in [5.74, 6) is -0.238. The molecule has 0 aliphatic heterocycles. The summed E-state index contributed by atoms with van der Waals surface area (Å²) >= 11 is 0. The van der Waals surface area contributed by atoms with Crippen molar-refractivity contribution < 1.29 is 14.7 Å². The van der Waals surface area contributed by atoms with Gasteiger partial charge in [-0.3, -0.25) is 9.59 Å². The summed E-state index contributed by atoms with van der Waals surface area (Å²) in [6.45, 7) is 4.10. The predicted molar refractivity (Wildman–Crippen MR) is 69.6 cm³/mol. The molecule has 0 saturated heterocycles. The van der Waals surface area contributed by atoms with Crippen LogP contribution >= 0.6 is 0 Å². The van der Waals surface area contributed by atoms with Crippen LogP contribution < -0.4 is 5.32 Å². The van der Waals surface area contributed by atoms with E-state index in [9.17, 15) is 9.59 Å². The van der Waals surface area contributed by atoms with Crippen molar-refractivity contribution in [2.24, 2.45) is 0 Å². The molecule has 0 radical (unpaired) electrons. The molecule has 0 aliphatic rings. The van der Waals surface area contributed by atoms with Crippen LogP contribution in [0.4, 0.5) is 0 Å². The van der Waals surface area contributed by atoms with Gasteiger partial charge in [0.05, 0.1) is 6.61 Å². The first-order chi connectivity index (χ1) is 8.54. The van der Waals surface area contributed by atoms with Crippen LogP contribution in [-0.4, -0.2) is 29.9 Å². The molecule has 0 heterocycles. The highest BCUT2D eigenvalue weighted by molar-refractivity contribution is 5.98. The first-order valence-corrected chi connectivity index (χ1v) is 6.02. The number of hydrogen-bond acceptors (Lipinski definition) is 3. The number of benzene rings is 1. The van der Waals surface area contributed by atoms with Crippen molar-refractivity contribution >= 4 is 11.7 Å². The van der Waals surface area contributed by atoms with E-state index in [0.717, 1.165) is 11.1 Å². The predicted octanol–water partition coefficient (Wildman–Crippen LogP) is 1.37. The lowest BCUT2D eigenvalue weighted by Gasteiger charge is -2.05. The van der Waals surface area contributed by atoms with Crippen molar-refractivity contribution in [1.29, 1.82) is 0 Å². The minimum absolute atomic E-state index is 0.0303. The number of aliphatic hydroxyl groups is 1. The first kappa shape index (κ1) is 14.4. The lowest BCUT2D eigenvalue weighted by atomic mass is 10.0. The topological polar surface area (TPSA) is 66.4 Å². The van der Waals surface area contributed by atoms with E-state index in [0.29, 0.717) is 5.56 Å². The van der Waals surface area contributed by atoms with Gasteiger partial charge < -0.3 is 10.4 Å². The molecule has 98 valence electrons. The molecule has 4 heteroatoms. The molecule has 18 heavy (non-hydrogen) atoms. The smallest absolute Gasteiger partial charge is 0.220 e. The summed E-state index contributed by atoms with van der Waals surface area (Å²) in [7, 11) is 0. The molecule has 0 aromatic heterocycles. The van der Waals surface area contributed by atoms with Crippen LogP contribution in [0.15, 0.2) is 18.2 Å². The van der Waals surface area contributed by atoms with Crippen LogP contribution in [0.25, 0.3) is 0 Å². The zero-order chi connectivity index (χ0) is 13.5. The molecule has 0 spiro atoms. The van der Waals surface area contributed by atoms with Gasteiger partial charge in [0.2, 0.25) is 5.91 Å². The summed E-state index contributed by atoms with van der Waals surface area (Å²) in [6, 6.07) is 5.55. The van der Waals surface area contributed by atoms with Crippen molar-refractivity contribution in [1.82, 2.24) is 5.32 Å². The van der Waals surface area contributed by atoms with Crippen molar-refractivity contribution in [2.45, 2.75) is 26.7 Å². The normalized spacial score (nSPS) is 10.2. The molecule has 0 aliphatic carbocycles. The van der Waals surface area contributed by atoms with Gasteiger partial charge in [0.15, 0.2) is 5.78 Å². The van der Waals surface area contributed by atoms with Crippen LogP contribution in [0.3, 0.4) is 0 Å². The van der Waals surface area contributed by atoms with E-state index in [4.69, 9.17) is 5.11 Å². The molecule has 4 nitrogen and oxygen atoms in total. The maximum atomic E-state index is 11.9. The van der Waals surface area contributed by atoms with Crippen LogP contribution in [0.2, 0.25) is 0 Å². The highest BCUT2D eigenvalue weighted by Crippen LogP contribution is 2.12. The fourth-order valence-corrected chi connectivity index (χ4v) is 1.57. The van der Waals surface area contributed by atoms with Gasteiger partial charge >= 0.3 is 0 Å². The van der Waals surface area contributed by atoms with E-state index in [2.05, 4.69) is 5.32 Å². The minimum atomic E-state index is -0.207. The fraction of sp³-hybridized carbons (Fsp3) is 0.429. The number of ketones is 1. The molecule has 1 aromatic rings. The monoisotopic (exact) mass is 249 g/mol. The highest BCUT2D eigenvalue weighted by atomic mass is 16.3. The van der Waals surface area contributed by atoms with E-state index in [1.807, 2.05) is 26.0 Å². The largest absolute Gasteiger partial charge is 0.395 e. The van der Waals surface area contributed by atoms with Crippen LogP contribution in [0.1, 0.15) is 34.3 Å². The Hall–Kier alpha value is -1.68. The maximum absolute atomic E-state index is 11.9. The van der Waals surface area contributed by atoms with E-state index in [1.54, 1.807) is 6.07 Å². The zero-order valence-electron chi connectivity index (χ0n) is 10.8. The van der Waals surface area contributed by atoms with Gasteiger partial charge in [0.1, 0.15) is 0 Å². The van der Waals surface area contributed by atoms with Crippen molar-refractivity contribution in [3.63, 3.8) is 0 Å². The number of carbonyl (C=O) groups excluding carboxylic acids is 2. The summed E-state index contributed by atoms with van der Waals surface area (Å²) < 4.78 is 0. The van der Waals surface area contributed by atoms with Gasteiger partial charge in [-0.05, 0) is 31.0 Å². The summed E-state index contributed by atoms with van der Waals surface area (Å²) in [6.07, 6.45) is 0.353. The van der Waals surface area contributed by atoms with Crippen LogP contribution in [0, 0.1) is 13.8 Å². The summed E-state index contributed by atoms with van der Waals surface area (Å²) in [4.78, 5) is 23.1. The Labute approximate surface area is 107 Å². The SMILES string of the molecule is Cc1ccc(C(=O)CCC(=O)NCCO)cc1C. The molecule has 1 rings (SSSR count). The van der Waals surface area contributed by atoms with Gasteiger partial charge in [-0.25, -0.2) is 0 Å². The lowest BCUT2D eigenvalue weighted by molar-refractivity contribution is -0.121. The van der Waals surface area contributed by atoms with Crippen molar-refractivity contribution in [2.75, 3.05) is 13.2 Å². The average molecular weight is 249 g/mol.